The van der Waals surface area contributed by atoms with Gasteiger partial charge >= 0.3 is 12.0 Å². The molecular weight excluding hydrogens is 234 g/mol. The molecule has 6 nitrogen and oxygen atoms in total. The third-order valence-electron chi connectivity index (χ3n) is 2.98. The second-order valence-corrected chi connectivity index (χ2v) is 4.10. The molecule has 1 aromatic rings. The highest BCUT2D eigenvalue weighted by Crippen LogP contribution is 2.30. The van der Waals surface area contributed by atoms with Gasteiger partial charge < -0.3 is 15.4 Å². The number of urea groups is 1. The van der Waals surface area contributed by atoms with Crippen molar-refractivity contribution in [1.29, 1.82) is 0 Å². The van der Waals surface area contributed by atoms with Gasteiger partial charge in [0, 0.05) is 24.5 Å². The molecule has 0 radical (unpaired) electrons. The van der Waals surface area contributed by atoms with Crippen molar-refractivity contribution in [3.05, 3.63) is 41.4 Å². The molecule has 0 spiro atoms. The van der Waals surface area contributed by atoms with Crippen LogP contribution < -0.4 is 10.6 Å². The van der Waals surface area contributed by atoms with Crippen molar-refractivity contribution in [2.45, 2.75) is 12.5 Å². The first-order valence-electron chi connectivity index (χ1n) is 5.63. The molecule has 0 saturated carbocycles. The smallest absolute Gasteiger partial charge is 0.338 e. The van der Waals surface area contributed by atoms with Crippen molar-refractivity contribution in [3.63, 3.8) is 0 Å². The third kappa shape index (κ3) is 1.71. The second kappa shape index (κ2) is 4.14. The lowest BCUT2D eigenvalue weighted by Gasteiger charge is -2.31. The van der Waals surface area contributed by atoms with Gasteiger partial charge in [0.1, 0.15) is 0 Å². The Hall–Kier alpha value is -2.37. The average Bonchev–Trinajstić information content (AvgIpc) is 2.39. The van der Waals surface area contributed by atoms with Crippen LogP contribution in [-0.4, -0.2) is 23.6 Å². The maximum atomic E-state index is 11.8. The van der Waals surface area contributed by atoms with Crippen LogP contribution in [0.25, 0.3) is 0 Å². The van der Waals surface area contributed by atoms with Crippen LogP contribution in [0.1, 0.15) is 18.0 Å². The highest BCUT2D eigenvalue weighted by atomic mass is 16.5. The van der Waals surface area contributed by atoms with E-state index in [1.807, 2.05) is 6.07 Å². The zero-order chi connectivity index (χ0) is 12.5. The molecule has 0 aromatic carbocycles. The Balaban J connectivity index is 2.07. The summed E-state index contributed by atoms with van der Waals surface area (Å²) in [5, 5.41) is 5.37. The van der Waals surface area contributed by atoms with Gasteiger partial charge in [0.25, 0.3) is 0 Å². The number of nitrogens with one attached hydrogen (secondary N) is 2. The number of amides is 2. The molecule has 2 amide bonds. The maximum absolute atomic E-state index is 11.8. The lowest BCUT2D eigenvalue weighted by atomic mass is 9.94. The predicted octanol–water partition coefficient (Wildman–Crippen LogP) is 0.636. The molecule has 3 rings (SSSR count). The van der Waals surface area contributed by atoms with Gasteiger partial charge in [-0.1, -0.05) is 6.07 Å². The first-order chi connectivity index (χ1) is 8.75. The molecule has 18 heavy (non-hydrogen) atoms. The molecule has 0 aliphatic carbocycles. The minimum absolute atomic E-state index is 0.303. The van der Waals surface area contributed by atoms with E-state index in [0.717, 1.165) is 5.56 Å². The van der Waals surface area contributed by atoms with Gasteiger partial charge in [0.05, 0.1) is 18.2 Å². The first kappa shape index (κ1) is 10.8. The molecule has 2 aliphatic rings. The van der Waals surface area contributed by atoms with Crippen molar-refractivity contribution >= 4 is 12.0 Å². The van der Waals surface area contributed by atoms with Crippen LogP contribution in [0.2, 0.25) is 0 Å². The maximum Gasteiger partial charge on any atom is 0.338 e. The van der Waals surface area contributed by atoms with E-state index in [4.69, 9.17) is 4.74 Å². The number of aromatic nitrogens is 1. The molecule has 1 atom stereocenters. The van der Waals surface area contributed by atoms with Gasteiger partial charge in [-0.2, -0.15) is 0 Å². The van der Waals surface area contributed by atoms with E-state index in [9.17, 15) is 9.59 Å². The monoisotopic (exact) mass is 245 g/mol. The lowest BCUT2D eigenvalue weighted by Crippen LogP contribution is -2.47. The van der Waals surface area contributed by atoms with Crippen molar-refractivity contribution < 1.29 is 14.3 Å². The summed E-state index contributed by atoms with van der Waals surface area (Å²) in [6.45, 7) is 0.303. The number of cyclic esters (lactones) is 1. The summed E-state index contributed by atoms with van der Waals surface area (Å²) in [5.74, 6) is -0.391. The quantitative estimate of drug-likeness (QED) is 0.711. The van der Waals surface area contributed by atoms with Crippen molar-refractivity contribution in [2.24, 2.45) is 0 Å². The minimum Gasteiger partial charge on any atom is -0.462 e. The molecule has 2 aliphatic heterocycles. The molecular formula is C12H11N3O3. The van der Waals surface area contributed by atoms with E-state index in [-0.39, 0.29) is 6.03 Å². The predicted molar refractivity (Wildman–Crippen MR) is 61.2 cm³/mol. The van der Waals surface area contributed by atoms with Crippen LogP contribution >= 0.6 is 0 Å². The Morgan fingerprint density at radius 2 is 2.28 bits per heavy atom. The fourth-order valence-electron chi connectivity index (χ4n) is 2.18. The number of rotatable bonds is 1. The molecule has 0 saturated heterocycles. The summed E-state index contributed by atoms with van der Waals surface area (Å²) < 4.78 is 5.03. The molecule has 0 bridgehead atoms. The molecule has 3 heterocycles. The zero-order valence-electron chi connectivity index (χ0n) is 9.47. The highest BCUT2D eigenvalue weighted by molar-refractivity contribution is 5.95. The number of nitrogens with zero attached hydrogens (tertiary/aromatic N) is 1. The lowest BCUT2D eigenvalue weighted by molar-refractivity contribution is -0.140. The van der Waals surface area contributed by atoms with Gasteiger partial charge in [-0.25, -0.2) is 9.59 Å². The van der Waals surface area contributed by atoms with Crippen LogP contribution in [0.15, 0.2) is 35.8 Å². The van der Waals surface area contributed by atoms with Crippen LogP contribution in [0.5, 0.6) is 0 Å². The van der Waals surface area contributed by atoms with E-state index >= 15 is 0 Å². The number of carbonyl (C=O) groups is 2. The Morgan fingerprint density at radius 3 is 3.06 bits per heavy atom. The Labute approximate surface area is 103 Å². The fourth-order valence-corrected chi connectivity index (χ4v) is 2.18. The summed E-state index contributed by atoms with van der Waals surface area (Å²) in [7, 11) is 0. The minimum atomic E-state index is -0.491. The molecule has 92 valence electrons. The zero-order valence-corrected chi connectivity index (χ0v) is 9.47. The second-order valence-electron chi connectivity index (χ2n) is 4.10. The average molecular weight is 245 g/mol. The summed E-state index contributed by atoms with van der Waals surface area (Å²) >= 11 is 0. The van der Waals surface area contributed by atoms with E-state index in [1.165, 1.54) is 0 Å². The van der Waals surface area contributed by atoms with Crippen molar-refractivity contribution in [1.82, 2.24) is 15.6 Å². The van der Waals surface area contributed by atoms with E-state index in [1.54, 1.807) is 18.5 Å². The van der Waals surface area contributed by atoms with Crippen LogP contribution in [0.4, 0.5) is 4.79 Å². The Morgan fingerprint density at radius 1 is 1.39 bits per heavy atom. The van der Waals surface area contributed by atoms with E-state index in [2.05, 4.69) is 15.6 Å². The van der Waals surface area contributed by atoms with Gasteiger partial charge in [0.15, 0.2) is 0 Å². The van der Waals surface area contributed by atoms with Gasteiger partial charge in [0.2, 0.25) is 0 Å². The number of ether oxygens (including phenoxy) is 1. The van der Waals surface area contributed by atoms with Crippen LogP contribution in [-0.2, 0) is 9.53 Å². The molecule has 1 unspecified atom stereocenters. The Kier molecular flexibility index (Phi) is 2.47. The number of carbonyl (C=O) groups excluding carboxylic acids is 2. The number of hydrogen-bond acceptors (Lipinski definition) is 4. The highest BCUT2D eigenvalue weighted by Gasteiger charge is 2.35. The summed E-state index contributed by atoms with van der Waals surface area (Å²) in [6, 6.07) is 2.78. The number of pyridine rings is 1. The van der Waals surface area contributed by atoms with E-state index in [0.29, 0.717) is 24.3 Å². The topological polar surface area (TPSA) is 80.3 Å². The summed E-state index contributed by atoms with van der Waals surface area (Å²) in [4.78, 5) is 27.4. The normalized spacial score (nSPS) is 22.8. The molecule has 6 heteroatoms. The Bertz CT molecular complexity index is 539. The number of hydrogen-bond donors (Lipinski definition) is 2. The van der Waals surface area contributed by atoms with Gasteiger partial charge in [-0.05, 0) is 11.6 Å². The molecule has 2 N–H and O–H groups in total. The standard InChI is InChI=1S/C12H11N3O3/c16-11-9-8(3-5-18-11)14-12(17)15-10(9)7-2-1-4-13-6-7/h1-2,4,6,10H,3,5H2,(H2,14,15,17). The first-order valence-corrected chi connectivity index (χ1v) is 5.63. The van der Waals surface area contributed by atoms with Crippen molar-refractivity contribution in [2.75, 3.05) is 6.61 Å². The summed E-state index contributed by atoms with van der Waals surface area (Å²) in [5.41, 5.74) is 1.87. The SMILES string of the molecule is O=C1NC2=C(C(=O)OCC2)C(c2cccnc2)N1. The third-order valence-corrected chi connectivity index (χ3v) is 2.98. The molecule has 1 aromatic heterocycles. The number of esters is 1. The van der Waals surface area contributed by atoms with Crippen LogP contribution in [0.3, 0.4) is 0 Å². The van der Waals surface area contributed by atoms with Crippen LogP contribution in [0, 0.1) is 0 Å². The van der Waals surface area contributed by atoms with E-state index < -0.39 is 12.0 Å². The fraction of sp³-hybridized carbons (Fsp3) is 0.250. The summed E-state index contributed by atoms with van der Waals surface area (Å²) in [6.07, 6.45) is 3.80. The largest absolute Gasteiger partial charge is 0.462 e. The van der Waals surface area contributed by atoms with Gasteiger partial charge in [-0.15, -0.1) is 0 Å². The van der Waals surface area contributed by atoms with Crippen molar-refractivity contribution in [3.8, 4) is 0 Å². The van der Waals surface area contributed by atoms with Gasteiger partial charge in [-0.3, -0.25) is 4.98 Å². The molecule has 0 fully saturated rings.